The van der Waals surface area contributed by atoms with E-state index >= 15 is 0 Å². The molecule has 146 valence electrons. The number of nitrogens with one attached hydrogen (secondary N) is 2. The van der Waals surface area contributed by atoms with Crippen LogP contribution in [0.2, 0.25) is 0 Å². The molecule has 2 N–H and O–H groups in total. The van der Waals surface area contributed by atoms with Crippen LogP contribution in [0, 0.1) is 10.8 Å². The molecule has 26 heavy (non-hydrogen) atoms. The number of amides is 2. The minimum absolute atomic E-state index is 0.0382. The van der Waals surface area contributed by atoms with Crippen molar-refractivity contribution in [3.63, 3.8) is 0 Å². The molecule has 0 saturated heterocycles. The summed E-state index contributed by atoms with van der Waals surface area (Å²) < 4.78 is 10.8. The van der Waals surface area contributed by atoms with Crippen LogP contribution in [-0.4, -0.2) is 34.5 Å². The highest BCUT2D eigenvalue weighted by Gasteiger charge is 2.85. The number of ether oxygens (including phenoxy) is 2. The van der Waals surface area contributed by atoms with Gasteiger partial charge < -0.3 is 20.1 Å². The second-order valence-electron chi connectivity index (χ2n) is 11.4. The minimum Gasteiger partial charge on any atom is -0.444 e. The Balaban J connectivity index is 1.24. The Bertz CT molecular complexity index is 573. The van der Waals surface area contributed by atoms with Gasteiger partial charge in [-0.1, -0.05) is 0 Å². The average Bonchev–Trinajstić information content (AvgIpc) is 2.20. The lowest BCUT2D eigenvalue weighted by molar-refractivity contribution is -0.335. The van der Waals surface area contributed by atoms with Gasteiger partial charge in [0.25, 0.3) is 0 Å². The number of hydrogen-bond acceptors (Lipinski definition) is 4. The fraction of sp³-hybridized carbons (Fsp3) is 0.900. The van der Waals surface area contributed by atoms with Gasteiger partial charge in [0, 0.05) is 11.1 Å². The molecular weight excluding hydrogens is 332 g/mol. The molecule has 0 unspecified atom stereocenters. The zero-order valence-electron chi connectivity index (χ0n) is 16.9. The Morgan fingerprint density at radius 1 is 0.654 bits per heavy atom. The van der Waals surface area contributed by atoms with Crippen molar-refractivity contribution in [3.8, 4) is 0 Å². The van der Waals surface area contributed by atoms with Crippen LogP contribution in [0.25, 0.3) is 0 Å². The van der Waals surface area contributed by atoms with Gasteiger partial charge >= 0.3 is 12.2 Å². The smallest absolute Gasteiger partial charge is 0.408 e. The summed E-state index contributed by atoms with van der Waals surface area (Å²) in [6.45, 7) is 11.3. The van der Waals surface area contributed by atoms with E-state index in [1.807, 2.05) is 41.5 Å². The third-order valence-corrected chi connectivity index (χ3v) is 6.72. The topological polar surface area (TPSA) is 76.7 Å². The third kappa shape index (κ3) is 2.59. The van der Waals surface area contributed by atoms with Crippen molar-refractivity contribution >= 4 is 12.2 Å². The Labute approximate surface area is 155 Å². The van der Waals surface area contributed by atoms with Crippen LogP contribution in [0.15, 0.2) is 0 Å². The molecule has 6 heteroatoms. The highest BCUT2D eigenvalue weighted by molar-refractivity contribution is 5.71. The first kappa shape index (κ1) is 17.9. The van der Waals surface area contributed by atoms with Crippen molar-refractivity contribution in [2.24, 2.45) is 10.8 Å². The maximum atomic E-state index is 12.0. The van der Waals surface area contributed by atoms with Gasteiger partial charge in [0.2, 0.25) is 0 Å². The van der Waals surface area contributed by atoms with Crippen LogP contribution in [-0.2, 0) is 9.47 Å². The summed E-state index contributed by atoms with van der Waals surface area (Å²) in [6.07, 6.45) is 5.74. The van der Waals surface area contributed by atoms with Crippen LogP contribution >= 0.6 is 0 Å². The number of alkyl carbamates (subject to hydrolysis) is 2. The van der Waals surface area contributed by atoms with Crippen LogP contribution in [0.1, 0.15) is 80.1 Å². The van der Waals surface area contributed by atoms with Gasteiger partial charge in [-0.25, -0.2) is 9.59 Å². The van der Waals surface area contributed by atoms with E-state index in [1.165, 1.54) is 0 Å². The second-order valence-corrected chi connectivity index (χ2v) is 11.4. The first-order chi connectivity index (χ1) is 11.7. The van der Waals surface area contributed by atoms with Gasteiger partial charge in [0.15, 0.2) is 0 Å². The predicted octanol–water partition coefficient (Wildman–Crippen LogP) is 3.88. The largest absolute Gasteiger partial charge is 0.444 e. The van der Waals surface area contributed by atoms with E-state index in [0.29, 0.717) is 10.8 Å². The Hall–Kier alpha value is -1.46. The number of hydrogen-bond donors (Lipinski definition) is 2. The fourth-order valence-electron chi connectivity index (χ4n) is 6.01. The molecule has 0 aliphatic heterocycles. The van der Waals surface area contributed by atoms with Crippen LogP contribution in [0.3, 0.4) is 0 Å². The molecule has 6 rings (SSSR count). The Kier molecular flexibility index (Phi) is 3.23. The quantitative estimate of drug-likeness (QED) is 0.797. The van der Waals surface area contributed by atoms with E-state index in [0.717, 1.165) is 38.5 Å². The molecule has 0 aromatic carbocycles. The van der Waals surface area contributed by atoms with Crippen LogP contribution in [0.5, 0.6) is 0 Å². The molecule has 0 spiro atoms. The van der Waals surface area contributed by atoms with Crippen molar-refractivity contribution in [2.45, 2.75) is 102 Å². The molecule has 6 nitrogen and oxygen atoms in total. The maximum Gasteiger partial charge on any atom is 0.408 e. The van der Waals surface area contributed by atoms with Crippen molar-refractivity contribution in [2.75, 3.05) is 0 Å². The predicted molar refractivity (Wildman–Crippen MR) is 96.8 cm³/mol. The van der Waals surface area contributed by atoms with Crippen molar-refractivity contribution in [1.82, 2.24) is 10.6 Å². The summed E-state index contributed by atoms with van der Waals surface area (Å²) in [5.74, 6) is 0. The summed E-state index contributed by atoms with van der Waals surface area (Å²) in [5, 5.41) is 6.19. The van der Waals surface area contributed by atoms with Gasteiger partial charge in [-0.2, -0.15) is 0 Å². The van der Waals surface area contributed by atoms with Crippen LogP contribution in [0.4, 0.5) is 9.59 Å². The zero-order chi connectivity index (χ0) is 19.2. The first-order valence-corrected chi connectivity index (χ1v) is 9.72. The lowest BCUT2D eigenvalue weighted by atomic mass is 9.20. The highest BCUT2D eigenvalue weighted by Crippen LogP contribution is 2.86. The molecule has 6 saturated carbocycles. The third-order valence-electron chi connectivity index (χ3n) is 6.72. The normalized spacial score (nSPS) is 42.2. The molecule has 6 aliphatic rings. The Morgan fingerprint density at radius 2 is 0.923 bits per heavy atom. The van der Waals surface area contributed by atoms with Gasteiger partial charge in [0.05, 0.1) is 0 Å². The molecule has 0 radical (unpaired) electrons. The van der Waals surface area contributed by atoms with Gasteiger partial charge in [-0.3, -0.25) is 0 Å². The highest BCUT2D eigenvalue weighted by atomic mass is 16.6. The number of rotatable bonds is 3. The SMILES string of the molecule is CC(C)(C)OC(=O)NC12CC(C34CC(NC(=O)OC(C)(C)C)(C3)C4)(C1)C2. The number of carbonyl (C=O) groups is 2. The Morgan fingerprint density at radius 3 is 1.15 bits per heavy atom. The molecule has 0 atom stereocenters. The zero-order valence-corrected chi connectivity index (χ0v) is 16.9. The summed E-state index contributed by atoms with van der Waals surface area (Å²) in [4.78, 5) is 24.1. The van der Waals surface area contributed by atoms with Crippen LogP contribution < -0.4 is 10.6 Å². The average molecular weight is 364 g/mol. The fourth-order valence-corrected chi connectivity index (χ4v) is 6.01. The number of carbonyl (C=O) groups excluding carboxylic acids is 2. The molecule has 2 amide bonds. The van der Waals surface area contributed by atoms with E-state index in [9.17, 15) is 9.59 Å². The summed E-state index contributed by atoms with van der Waals surface area (Å²) in [6, 6.07) is 0. The van der Waals surface area contributed by atoms with Gasteiger partial charge in [0.1, 0.15) is 11.2 Å². The molecule has 0 aromatic heterocycles. The summed E-state index contributed by atoms with van der Waals surface area (Å²) >= 11 is 0. The van der Waals surface area contributed by atoms with E-state index in [2.05, 4.69) is 10.6 Å². The first-order valence-electron chi connectivity index (χ1n) is 9.72. The van der Waals surface area contributed by atoms with E-state index in [1.54, 1.807) is 0 Å². The monoisotopic (exact) mass is 364 g/mol. The van der Waals surface area contributed by atoms with Crippen molar-refractivity contribution in [1.29, 1.82) is 0 Å². The van der Waals surface area contributed by atoms with E-state index in [-0.39, 0.29) is 23.3 Å². The summed E-state index contributed by atoms with van der Waals surface area (Å²) in [5.41, 5.74) is -0.246. The van der Waals surface area contributed by atoms with Gasteiger partial charge in [-0.15, -0.1) is 0 Å². The molecular formula is C20H32N2O4. The lowest BCUT2D eigenvalue weighted by Crippen LogP contribution is -2.88. The molecule has 0 aromatic rings. The van der Waals surface area contributed by atoms with E-state index < -0.39 is 11.2 Å². The van der Waals surface area contributed by atoms with Crippen molar-refractivity contribution in [3.05, 3.63) is 0 Å². The second kappa shape index (κ2) is 4.68. The summed E-state index contributed by atoms with van der Waals surface area (Å²) in [7, 11) is 0. The lowest BCUT2D eigenvalue weighted by Gasteiger charge is -2.87. The van der Waals surface area contributed by atoms with Crippen molar-refractivity contribution < 1.29 is 19.1 Å². The molecule has 0 heterocycles. The maximum absolute atomic E-state index is 12.0. The van der Waals surface area contributed by atoms with E-state index in [4.69, 9.17) is 9.47 Å². The van der Waals surface area contributed by atoms with Gasteiger partial charge in [-0.05, 0) is 90.9 Å². The molecule has 6 aliphatic carbocycles. The molecule has 4 bridgehead atoms. The minimum atomic E-state index is -0.459. The standard InChI is InChI=1S/C20H32N2O4/c1-15(2,3)25-13(23)21-19-7-17(8-19,9-19)18-10-20(11-18,12-18)22-14(24)26-16(4,5)6/h7-12H2,1-6H3,(H,21,23)(H,22,24). The molecule has 6 fully saturated rings.